The SMILES string of the molecule is O=c1n(-c2ccc(Br)cc2)c2c(n1-c1ccc(Br)cc1)CCCC2. The maximum absolute atomic E-state index is 13.2. The molecule has 0 radical (unpaired) electrons. The van der Waals surface area contributed by atoms with E-state index in [-0.39, 0.29) is 5.69 Å². The predicted octanol–water partition coefficient (Wildman–Crippen LogP) is 5.03. The van der Waals surface area contributed by atoms with Gasteiger partial charge in [0, 0.05) is 20.3 Å². The Bertz CT molecular complexity index is 861. The third-order valence-electron chi connectivity index (χ3n) is 4.50. The fourth-order valence-corrected chi connectivity index (χ4v) is 3.93. The van der Waals surface area contributed by atoms with E-state index >= 15 is 0 Å². The second kappa shape index (κ2) is 6.37. The molecule has 0 aliphatic heterocycles. The average molecular weight is 448 g/mol. The van der Waals surface area contributed by atoms with Gasteiger partial charge in [0.2, 0.25) is 0 Å². The smallest absolute Gasteiger partial charge is 0.264 e. The summed E-state index contributed by atoms with van der Waals surface area (Å²) in [6.07, 6.45) is 4.16. The predicted molar refractivity (Wildman–Crippen MR) is 103 cm³/mol. The molecule has 0 atom stereocenters. The molecule has 0 amide bonds. The van der Waals surface area contributed by atoms with Gasteiger partial charge in [0.1, 0.15) is 0 Å². The zero-order chi connectivity index (χ0) is 16.7. The molecule has 1 heterocycles. The van der Waals surface area contributed by atoms with Crippen molar-refractivity contribution in [1.29, 1.82) is 0 Å². The van der Waals surface area contributed by atoms with Crippen LogP contribution >= 0.6 is 31.9 Å². The van der Waals surface area contributed by atoms with Crippen LogP contribution in [0.15, 0.2) is 62.3 Å². The highest BCUT2D eigenvalue weighted by atomic mass is 79.9. The van der Waals surface area contributed by atoms with E-state index in [0.29, 0.717) is 0 Å². The van der Waals surface area contributed by atoms with E-state index in [0.717, 1.165) is 57.4 Å². The maximum atomic E-state index is 13.2. The third kappa shape index (κ3) is 2.70. The van der Waals surface area contributed by atoms with Gasteiger partial charge in [0.05, 0.1) is 11.4 Å². The Labute approximate surface area is 157 Å². The zero-order valence-electron chi connectivity index (χ0n) is 13.0. The first-order valence-electron chi connectivity index (χ1n) is 8.02. The van der Waals surface area contributed by atoms with E-state index in [1.54, 1.807) is 0 Å². The van der Waals surface area contributed by atoms with Crippen LogP contribution in [0.5, 0.6) is 0 Å². The van der Waals surface area contributed by atoms with Gasteiger partial charge in [-0.25, -0.2) is 4.79 Å². The highest BCUT2D eigenvalue weighted by Gasteiger charge is 2.24. The summed E-state index contributed by atoms with van der Waals surface area (Å²) >= 11 is 6.93. The lowest BCUT2D eigenvalue weighted by Gasteiger charge is -2.15. The van der Waals surface area contributed by atoms with Gasteiger partial charge in [0.15, 0.2) is 0 Å². The van der Waals surface area contributed by atoms with Crippen LogP contribution in [-0.4, -0.2) is 9.13 Å². The van der Waals surface area contributed by atoms with E-state index < -0.39 is 0 Å². The minimum Gasteiger partial charge on any atom is -0.264 e. The number of rotatable bonds is 2. The van der Waals surface area contributed by atoms with Crippen molar-refractivity contribution in [1.82, 2.24) is 9.13 Å². The van der Waals surface area contributed by atoms with Gasteiger partial charge in [-0.1, -0.05) is 31.9 Å². The molecular weight excluding hydrogens is 432 g/mol. The van der Waals surface area contributed by atoms with Gasteiger partial charge in [-0.2, -0.15) is 0 Å². The minimum atomic E-state index is 0.0199. The van der Waals surface area contributed by atoms with Crippen molar-refractivity contribution in [2.45, 2.75) is 25.7 Å². The quantitative estimate of drug-likeness (QED) is 0.541. The summed E-state index contributed by atoms with van der Waals surface area (Å²) < 4.78 is 5.78. The molecule has 2 aromatic carbocycles. The summed E-state index contributed by atoms with van der Waals surface area (Å²) in [6.45, 7) is 0. The van der Waals surface area contributed by atoms with Crippen LogP contribution in [0.2, 0.25) is 0 Å². The molecule has 0 saturated heterocycles. The lowest BCUT2D eigenvalue weighted by molar-refractivity contribution is 0.648. The first-order valence-corrected chi connectivity index (χ1v) is 9.61. The number of hydrogen-bond acceptors (Lipinski definition) is 1. The number of nitrogens with zero attached hydrogens (tertiary/aromatic N) is 2. The van der Waals surface area contributed by atoms with Crippen molar-refractivity contribution in [2.24, 2.45) is 0 Å². The molecule has 0 N–H and O–H groups in total. The molecule has 0 saturated carbocycles. The first-order chi connectivity index (χ1) is 11.6. The first kappa shape index (κ1) is 15.9. The maximum Gasteiger partial charge on any atom is 0.337 e. The third-order valence-corrected chi connectivity index (χ3v) is 5.56. The van der Waals surface area contributed by atoms with Gasteiger partial charge in [0.25, 0.3) is 0 Å². The fraction of sp³-hybridized carbons (Fsp3) is 0.211. The van der Waals surface area contributed by atoms with E-state index in [1.807, 2.05) is 57.7 Å². The van der Waals surface area contributed by atoms with Crippen LogP contribution in [0, 0.1) is 0 Å². The average Bonchev–Trinajstić information content (AvgIpc) is 2.89. The van der Waals surface area contributed by atoms with Crippen LogP contribution < -0.4 is 5.69 Å². The molecule has 0 fully saturated rings. The van der Waals surface area contributed by atoms with Crippen LogP contribution in [0.3, 0.4) is 0 Å². The number of imidazole rings is 1. The Morgan fingerprint density at radius 1 is 0.667 bits per heavy atom. The summed E-state index contributed by atoms with van der Waals surface area (Å²) in [5, 5.41) is 0. The van der Waals surface area contributed by atoms with Crippen LogP contribution in [0.4, 0.5) is 0 Å². The molecule has 0 bridgehead atoms. The standard InChI is InChI=1S/C19H16Br2N2O/c20-13-5-9-15(10-6-13)22-17-3-1-2-4-18(17)23(19(22)24)16-11-7-14(21)8-12-16/h5-12H,1-4H2. The molecule has 4 rings (SSSR count). The van der Waals surface area contributed by atoms with Crippen molar-refractivity contribution in [3.8, 4) is 11.4 Å². The van der Waals surface area contributed by atoms with Gasteiger partial charge in [-0.3, -0.25) is 9.13 Å². The molecular formula is C19H16Br2N2O. The normalized spacial score (nSPS) is 13.8. The van der Waals surface area contributed by atoms with E-state index in [4.69, 9.17) is 0 Å². The highest BCUT2D eigenvalue weighted by Crippen LogP contribution is 2.26. The number of fused-ring (bicyclic) bond motifs is 1. The van der Waals surface area contributed by atoms with Crippen molar-refractivity contribution < 1.29 is 0 Å². The molecule has 1 aliphatic rings. The van der Waals surface area contributed by atoms with E-state index in [2.05, 4.69) is 31.9 Å². The molecule has 1 aromatic heterocycles. The summed E-state index contributed by atoms with van der Waals surface area (Å²) in [5.41, 5.74) is 4.17. The van der Waals surface area contributed by atoms with E-state index in [9.17, 15) is 4.79 Å². The van der Waals surface area contributed by atoms with Gasteiger partial charge in [-0.15, -0.1) is 0 Å². The van der Waals surface area contributed by atoms with Gasteiger partial charge >= 0.3 is 5.69 Å². The second-order valence-electron chi connectivity index (χ2n) is 6.01. The Morgan fingerprint density at radius 2 is 1.04 bits per heavy atom. The Balaban J connectivity index is 1.97. The van der Waals surface area contributed by atoms with Crippen LogP contribution in [-0.2, 0) is 12.8 Å². The number of benzene rings is 2. The zero-order valence-corrected chi connectivity index (χ0v) is 16.2. The monoisotopic (exact) mass is 446 g/mol. The Kier molecular flexibility index (Phi) is 4.22. The molecule has 3 aromatic rings. The summed E-state index contributed by atoms with van der Waals surface area (Å²) in [4.78, 5) is 13.2. The second-order valence-corrected chi connectivity index (χ2v) is 7.84. The molecule has 0 unspecified atom stereocenters. The number of hydrogen-bond donors (Lipinski definition) is 0. The lowest BCUT2D eigenvalue weighted by Crippen LogP contribution is -2.23. The summed E-state index contributed by atoms with van der Waals surface area (Å²) in [7, 11) is 0. The van der Waals surface area contributed by atoms with E-state index in [1.165, 1.54) is 0 Å². The largest absolute Gasteiger partial charge is 0.337 e. The topological polar surface area (TPSA) is 26.9 Å². The molecule has 3 nitrogen and oxygen atoms in total. The number of aromatic nitrogens is 2. The van der Waals surface area contributed by atoms with Gasteiger partial charge in [-0.05, 0) is 74.2 Å². The van der Waals surface area contributed by atoms with Crippen LogP contribution in [0.1, 0.15) is 24.2 Å². The van der Waals surface area contributed by atoms with Crippen LogP contribution in [0.25, 0.3) is 11.4 Å². The molecule has 24 heavy (non-hydrogen) atoms. The fourth-order valence-electron chi connectivity index (χ4n) is 3.40. The Morgan fingerprint density at radius 3 is 1.42 bits per heavy atom. The lowest BCUT2D eigenvalue weighted by atomic mass is 10.0. The summed E-state index contributed by atoms with van der Waals surface area (Å²) in [6, 6.07) is 15.9. The minimum absolute atomic E-state index is 0.0199. The van der Waals surface area contributed by atoms with Gasteiger partial charge < -0.3 is 0 Å². The molecule has 122 valence electrons. The highest BCUT2D eigenvalue weighted by molar-refractivity contribution is 9.10. The molecule has 5 heteroatoms. The van der Waals surface area contributed by atoms with Crippen molar-refractivity contribution in [2.75, 3.05) is 0 Å². The van der Waals surface area contributed by atoms with Crippen molar-refractivity contribution in [3.63, 3.8) is 0 Å². The van der Waals surface area contributed by atoms with Crippen molar-refractivity contribution >= 4 is 31.9 Å². The summed E-state index contributed by atoms with van der Waals surface area (Å²) in [5.74, 6) is 0. The Hall–Kier alpha value is -1.59. The molecule has 0 spiro atoms. The van der Waals surface area contributed by atoms with Crippen molar-refractivity contribution in [3.05, 3.63) is 79.3 Å². The molecule has 1 aliphatic carbocycles. The number of halogens is 2.